The molecule has 1 aliphatic rings. The van der Waals surface area contributed by atoms with Crippen molar-refractivity contribution in [2.45, 2.75) is 32.8 Å². The zero-order chi connectivity index (χ0) is 9.14. The Labute approximate surface area is 73.6 Å². The van der Waals surface area contributed by atoms with Gasteiger partial charge in [0, 0.05) is 6.08 Å². The van der Waals surface area contributed by atoms with Crippen LogP contribution in [0.5, 0.6) is 0 Å². The van der Waals surface area contributed by atoms with Gasteiger partial charge in [-0.3, -0.25) is 0 Å². The zero-order valence-corrected chi connectivity index (χ0v) is 7.75. The number of ether oxygens (including phenoxy) is 1. The van der Waals surface area contributed by atoms with Crippen molar-refractivity contribution >= 4 is 5.97 Å². The average Bonchev–Trinajstić information content (AvgIpc) is 2.31. The Kier molecular flexibility index (Phi) is 2.90. The van der Waals surface area contributed by atoms with E-state index in [0.717, 1.165) is 12.8 Å². The van der Waals surface area contributed by atoms with Gasteiger partial charge in [0.2, 0.25) is 0 Å². The van der Waals surface area contributed by atoms with Gasteiger partial charge in [0.05, 0.1) is 0 Å². The minimum atomic E-state index is -0.290. The van der Waals surface area contributed by atoms with Crippen molar-refractivity contribution in [2.24, 2.45) is 11.8 Å². The number of rotatable bonds is 2. The molecule has 1 fully saturated rings. The second kappa shape index (κ2) is 3.74. The lowest BCUT2D eigenvalue weighted by atomic mass is 10.0. The summed E-state index contributed by atoms with van der Waals surface area (Å²) in [5.74, 6) is 1.06. The highest BCUT2D eigenvalue weighted by Crippen LogP contribution is 2.32. The molecule has 0 aliphatic heterocycles. The minimum absolute atomic E-state index is 0.125. The fourth-order valence-corrected chi connectivity index (χ4v) is 1.70. The van der Waals surface area contributed by atoms with Crippen LogP contribution in [-0.2, 0) is 9.53 Å². The van der Waals surface area contributed by atoms with Crippen molar-refractivity contribution in [3.05, 3.63) is 12.7 Å². The molecule has 68 valence electrons. The SMILES string of the molecule is C=CC(=O)OC1CC(C)C(C)C1. The Morgan fingerprint density at radius 3 is 2.33 bits per heavy atom. The molecule has 2 atom stereocenters. The first-order valence-electron chi connectivity index (χ1n) is 4.46. The van der Waals surface area contributed by atoms with Crippen LogP contribution in [0.15, 0.2) is 12.7 Å². The van der Waals surface area contributed by atoms with Crippen LogP contribution >= 0.6 is 0 Å². The predicted molar refractivity (Wildman–Crippen MR) is 47.6 cm³/mol. The van der Waals surface area contributed by atoms with Gasteiger partial charge < -0.3 is 4.74 Å². The van der Waals surface area contributed by atoms with E-state index in [-0.39, 0.29) is 12.1 Å². The first kappa shape index (κ1) is 9.30. The molecule has 1 rings (SSSR count). The summed E-state index contributed by atoms with van der Waals surface area (Å²) in [4.78, 5) is 10.8. The summed E-state index contributed by atoms with van der Waals surface area (Å²) >= 11 is 0. The van der Waals surface area contributed by atoms with Crippen molar-refractivity contribution in [3.63, 3.8) is 0 Å². The van der Waals surface area contributed by atoms with Crippen LogP contribution in [0.25, 0.3) is 0 Å². The maximum absolute atomic E-state index is 10.8. The Morgan fingerprint density at radius 2 is 1.92 bits per heavy atom. The second-order valence-corrected chi connectivity index (χ2v) is 3.69. The standard InChI is InChI=1S/C10H16O2/c1-4-10(11)12-9-5-7(2)8(3)6-9/h4,7-9H,1,5-6H2,2-3H3. The van der Waals surface area contributed by atoms with Crippen molar-refractivity contribution in [1.82, 2.24) is 0 Å². The van der Waals surface area contributed by atoms with Crippen LogP contribution in [0.2, 0.25) is 0 Å². The van der Waals surface area contributed by atoms with Gasteiger partial charge in [-0.2, -0.15) is 0 Å². The maximum atomic E-state index is 10.8. The lowest BCUT2D eigenvalue weighted by molar-refractivity contribution is -0.142. The molecule has 2 unspecified atom stereocenters. The van der Waals surface area contributed by atoms with E-state index >= 15 is 0 Å². The first-order valence-corrected chi connectivity index (χ1v) is 4.46. The molecule has 1 aliphatic carbocycles. The third-order valence-electron chi connectivity index (χ3n) is 2.69. The molecule has 0 aromatic heterocycles. The van der Waals surface area contributed by atoms with E-state index in [4.69, 9.17) is 4.74 Å². The van der Waals surface area contributed by atoms with Gasteiger partial charge in [-0.25, -0.2) is 4.79 Å². The van der Waals surface area contributed by atoms with Crippen LogP contribution < -0.4 is 0 Å². The molecule has 0 aromatic rings. The van der Waals surface area contributed by atoms with Gasteiger partial charge in [-0.1, -0.05) is 20.4 Å². The van der Waals surface area contributed by atoms with E-state index < -0.39 is 0 Å². The maximum Gasteiger partial charge on any atom is 0.330 e. The number of esters is 1. The van der Waals surface area contributed by atoms with Gasteiger partial charge in [-0.05, 0) is 24.7 Å². The summed E-state index contributed by atoms with van der Waals surface area (Å²) in [5, 5.41) is 0. The summed E-state index contributed by atoms with van der Waals surface area (Å²) in [7, 11) is 0. The molecule has 0 amide bonds. The number of hydrogen-bond donors (Lipinski definition) is 0. The summed E-state index contributed by atoms with van der Waals surface area (Å²) in [5.41, 5.74) is 0. The highest BCUT2D eigenvalue weighted by Gasteiger charge is 2.29. The number of carbonyl (C=O) groups is 1. The Bertz CT molecular complexity index is 176. The molecule has 1 saturated carbocycles. The van der Waals surface area contributed by atoms with Crippen LogP contribution in [0.3, 0.4) is 0 Å². The van der Waals surface area contributed by atoms with Crippen LogP contribution in [-0.4, -0.2) is 12.1 Å². The van der Waals surface area contributed by atoms with E-state index in [9.17, 15) is 4.79 Å². The topological polar surface area (TPSA) is 26.3 Å². The van der Waals surface area contributed by atoms with Crippen molar-refractivity contribution in [3.8, 4) is 0 Å². The summed E-state index contributed by atoms with van der Waals surface area (Å²) < 4.78 is 5.14. The summed E-state index contributed by atoms with van der Waals surface area (Å²) in [6.07, 6.45) is 3.36. The molecule has 0 heterocycles. The number of hydrogen-bond acceptors (Lipinski definition) is 2. The van der Waals surface area contributed by atoms with E-state index in [2.05, 4.69) is 20.4 Å². The van der Waals surface area contributed by atoms with Crippen molar-refractivity contribution in [2.75, 3.05) is 0 Å². The average molecular weight is 168 g/mol. The summed E-state index contributed by atoms with van der Waals surface area (Å²) in [6.45, 7) is 7.77. The molecular weight excluding hydrogens is 152 g/mol. The third-order valence-corrected chi connectivity index (χ3v) is 2.69. The Morgan fingerprint density at radius 1 is 1.42 bits per heavy atom. The van der Waals surface area contributed by atoms with Gasteiger partial charge >= 0.3 is 5.97 Å². The molecule has 2 nitrogen and oxygen atoms in total. The highest BCUT2D eigenvalue weighted by atomic mass is 16.5. The summed E-state index contributed by atoms with van der Waals surface area (Å²) in [6, 6.07) is 0. The fourth-order valence-electron chi connectivity index (χ4n) is 1.70. The molecule has 2 heteroatoms. The Balaban J connectivity index is 2.37. The fraction of sp³-hybridized carbons (Fsp3) is 0.700. The predicted octanol–water partition coefficient (Wildman–Crippen LogP) is 2.15. The van der Waals surface area contributed by atoms with Crippen molar-refractivity contribution < 1.29 is 9.53 Å². The number of carbonyl (C=O) groups excluding carboxylic acids is 1. The Hall–Kier alpha value is -0.790. The quantitative estimate of drug-likeness (QED) is 0.466. The lowest BCUT2D eigenvalue weighted by Gasteiger charge is -2.08. The van der Waals surface area contributed by atoms with Gasteiger partial charge in [-0.15, -0.1) is 0 Å². The molecule has 0 radical (unpaired) electrons. The van der Waals surface area contributed by atoms with Gasteiger partial charge in [0.25, 0.3) is 0 Å². The van der Waals surface area contributed by atoms with E-state index in [1.54, 1.807) is 0 Å². The third kappa shape index (κ3) is 2.10. The second-order valence-electron chi connectivity index (χ2n) is 3.69. The molecule has 0 spiro atoms. The normalized spacial score (nSPS) is 34.7. The molecule has 0 aromatic carbocycles. The van der Waals surface area contributed by atoms with Crippen molar-refractivity contribution in [1.29, 1.82) is 0 Å². The van der Waals surface area contributed by atoms with Crippen LogP contribution in [0.4, 0.5) is 0 Å². The van der Waals surface area contributed by atoms with E-state index in [0.29, 0.717) is 11.8 Å². The molecule has 0 bridgehead atoms. The van der Waals surface area contributed by atoms with E-state index in [1.165, 1.54) is 6.08 Å². The van der Waals surface area contributed by atoms with Gasteiger partial charge in [0.15, 0.2) is 0 Å². The highest BCUT2D eigenvalue weighted by molar-refractivity contribution is 5.81. The molecule has 0 N–H and O–H groups in total. The molecule has 12 heavy (non-hydrogen) atoms. The molecule has 0 saturated heterocycles. The first-order chi connectivity index (χ1) is 5.63. The van der Waals surface area contributed by atoms with Crippen LogP contribution in [0, 0.1) is 11.8 Å². The molecular formula is C10H16O2. The minimum Gasteiger partial charge on any atom is -0.459 e. The zero-order valence-electron chi connectivity index (χ0n) is 7.75. The smallest absolute Gasteiger partial charge is 0.330 e. The monoisotopic (exact) mass is 168 g/mol. The van der Waals surface area contributed by atoms with Crippen LogP contribution in [0.1, 0.15) is 26.7 Å². The lowest BCUT2D eigenvalue weighted by Crippen LogP contribution is -2.12. The largest absolute Gasteiger partial charge is 0.459 e. The van der Waals surface area contributed by atoms with Gasteiger partial charge in [0.1, 0.15) is 6.10 Å². The van der Waals surface area contributed by atoms with E-state index in [1.807, 2.05) is 0 Å².